The molecule has 0 bridgehead atoms. The predicted molar refractivity (Wildman–Crippen MR) is 92.8 cm³/mol. The van der Waals surface area contributed by atoms with Gasteiger partial charge in [-0.3, -0.25) is 4.79 Å². The lowest BCUT2D eigenvalue weighted by atomic mass is 9.91. The standard InChI is InChI=1S/C20H32O2/c1-6-11-18(16(2)3)19(21)22-20(4,5)15-10-14-17-12-8-7-9-13-17/h7-9,12-13,16,18H,6,10-11,14-15H2,1-5H3. The van der Waals surface area contributed by atoms with E-state index in [-0.39, 0.29) is 17.5 Å². The number of carbonyl (C=O) groups is 1. The molecule has 0 heterocycles. The molecule has 1 rings (SSSR count). The highest BCUT2D eigenvalue weighted by Gasteiger charge is 2.29. The van der Waals surface area contributed by atoms with Crippen molar-refractivity contribution in [1.82, 2.24) is 0 Å². The Morgan fingerprint density at radius 1 is 1.18 bits per heavy atom. The molecule has 0 fully saturated rings. The summed E-state index contributed by atoms with van der Waals surface area (Å²) in [5, 5.41) is 0. The van der Waals surface area contributed by atoms with Gasteiger partial charge in [0.2, 0.25) is 0 Å². The third kappa shape index (κ3) is 6.64. The monoisotopic (exact) mass is 304 g/mol. The molecule has 1 atom stereocenters. The molecule has 2 heteroatoms. The van der Waals surface area contributed by atoms with Crippen LogP contribution in [0.3, 0.4) is 0 Å². The van der Waals surface area contributed by atoms with Crippen LogP contribution >= 0.6 is 0 Å². The number of aryl methyl sites for hydroxylation is 1. The Kier molecular flexibility index (Phi) is 7.64. The molecule has 0 aliphatic rings. The molecule has 22 heavy (non-hydrogen) atoms. The topological polar surface area (TPSA) is 26.3 Å². The van der Waals surface area contributed by atoms with Crippen LogP contribution in [0.4, 0.5) is 0 Å². The number of rotatable bonds is 9. The van der Waals surface area contributed by atoms with Crippen LogP contribution in [-0.4, -0.2) is 11.6 Å². The molecule has 1 unspecified atom stereocenters. The minimum atomic E-state index is -0.382. The molecule has 0 N–H and O–H groups in total. The second-order valence-corrected chi connectivity index (χ2v) is 7.16. The van der Waals surface area contributed by atoms with E-state index in [0.717, 1.165) is 32.1 Å². The van der Waals surface area contributed by atoms with Gasteiger partial charge < -0.3 is 4.74 Å². The fourth-order valence-electron chi connectivity index (χ4n) is 2.80. The summed E-state index contributed by atoms with van der Waals surface area (Å²) < 4.78 is 5.81. The Balaban J connectivity index is 2.46. The number of carbonyl (C=O) groups excluding carboxylic acids is 1. The second-order valence-electron chi connectivity index (χ2n) is 7.16. The lowest BCUT2D eigenvalue weighted by molar-refractivity contribution is -0.164. The second kappa shape index (κ2) is 8.97. The summed E-state index contributed by atoms with van der Waals surface area (Å²) in [6, 6.07) is 10.5. The van der Waals surface area contributed by atoms with Crippen LogP contribution in [0.1, 0.15) is 65.9 Å². The highest BCUT2D eigenvalue weighted by Crippen LogP contribution is 2.25. The summed E-state index contributed by atoms with van der Waals surface area (Å²) in [7, 11) is 0. The van der Waals surface area contributed by atoms with Crippen LogP contribution in [-0.2, 0) is 16.0 Å². The Morgan fingerprint density at radius 2 is 1.82 bits per heavy atom. The SMILES string of the molecule is CCCC(C(=O)OC(C)(C)CCCc1ccccc1)C(C)C. The van der Waals surface area contributed by atoms with Crippen molar-refractivity contribution < 1.29 is 9.53 Å². The van der Waals surface area contributed by atoms with Crippen molar-refractivity contribution >= 4 is 5.97 Å². The van der Waals surface area contributed by atoms with E-state index >= 15 is 0 Å². The maximum Gasteiger partial charge on any atom is 0.309 e. The van der Waals surface area contributed by atoms with Gasteiger partial charge in [-0.1, -0.05) is 57.5 Å². The smallest absolute Gasteiger partial charge is 0.309 e. The predicted octanol–water partition coefficient (Wildman–Crippen LogP) is 5.40. The zero-order valence-corrected chi connectivity index (χ0v) is 14.9. The van der Waals surface area contributed by atoms with E-state index in [9.17, 15) is 4.79 Å². The van der Waals surface area contributed by atoms with Gasteiger partial charge in [0, 0.05) is 0 Å². The number of hydrogen-bond acceptors (Lipinski definition) is 2. The van der Waals surface area contributed by atoms with Crippen LogP contribution < -0.4 is 0 Å². The highest BCUT2D eigenvalue weighted by molar-refractivity contribution is 5.73. The molecule has 124 valence electrons. The van der Waals surface area contributed by atoms with Gasteiger partial charge in [0.15, 0.2) is 0 Å². The molecule has 0 amide bonds. The molecular formula is C20H32O2. The van der Waals surface area contributed by atoms with Crippen LogP contribution in [0.2, 0.25) is 0 Å². The van der Waals surface area contributed by atoms with Gasteiger partial charge in [-0.15, -0.1) is 0 Å². The van der Waals surface area contributed by atoms with Gasteiger partial charge in [-0.05, 0) is 51.0 Å². The molecule has 1 aromatic rings. The number of hydrogen-bond donors (Lipinski definition) is 0. The zero-order valence-electron chi connectivity index (χ0n) is 14.9. The first-order chi connectivity index (χ1) is 10.4. The zero-order chi connectivity index (χ0) is 16.6. The van der Waals surface area contributed by atoms with Crippen molar-refractivity contribution in [3.63, 3.8) is 0 Å². The van der Waals surface area contributed by atoms with E-state index in [1.165, 1.54) is 5.56 Å². The maximum atomic E-state index is 12.4. The van der Waals surface area contributed by atoms with Crippen molar-refractivity contribution in [2.45, 2.75) is 72.3 Å². The Hall–Kier alpha value is -1.31. The molecular weight excluding hydrogens is 272 g/mol. The van der Waals surface area contributed by atoms with E-state index in [4.69, 9.17) is 4.74 Å². The summed E-state index contributed by atoms with van der Waals surface area (Å²) in [6.45, 7) is 10.4. The Morgan fingerprint density at radius 3 is 2.36 bits per heavy atom. The minimum absolute atomic E-state index is 0.0263. The van der Waals surface area contributed by atoms with Crippen molar-refractivity contribution in [2.75, 3.05) is 0 Å². The summed E-state index contributed by atoms with van der Waals surface area (Å²) in [6.07, 6.45) is 4.89. The molecule has 0 aliphatic heterocycles. The average Bonchev–Trinajstić information content (AvgIpc) is 2.44. The molecule has 0 aromatic heterocycles. The first-order valence-corrected chi connectivity index (χ1v) is 8.62. The fourth-order valence-corrected chi connectivity index (χ4v) is 2.80. The van der Waals surface area contributed by atoms with Gasteiger partial charge in [-0.2, -0.15) is 0 Å². The van der Waals surface area contributed by atoms with E-state index in [1.54, 1.807) is 0 Å². The van der Waals surface area contributed by atoms with Crippen molar-refractivity contribution in [2.24, 2.45) is 11.8 Å². The molecule has 0 radical (unpaired) electrons. The largest absolute Gasteiger partial charge is 0.459 e. The average molecular weight is 304 g/mol. The summed E-state index contributed by atoms with van der Waals surface area (Å²) in [5.74, 6) is 0.340. The van der Waals surface area contributed by atoms with Crippen molar-refractivity contribution in [1.29, 1.82) is 0 Å². The van der Waals surface area contributed by atoms with Crippen molar-refractivity contribution in [3.8, 4) is 0 Å². The van der Waals surface area contributed by atoms with Gasteiger partial charge in [-0.25, -0.2) is 0 Å². The van der Waals surface area contributed by atoms with E-state index in [1.807, 2.05) is 19.9 Å². The normalized spacial score (nSPS) is 13.2. The fraction of sp³-hybridized carbons (Fsp3) is 0.650. The Bertz CT molecular complexity index is 434. The lowest BCUT2D eigenvalue weighted by Gasteiger charge is -2.29. The molecule has 2 nitrogen and oxygen atoms in total. The molecule has 0 saturated heterocycles. The quantitative estimate of drug-likeness (QED) is 0.571. The summed E-state index contributed by atoms with van der Waals surface area (Å²) >= 11 is 0. The third-order valence-electron chi connectivity index (χ3n) is 4.17. The van der Waals surface area contributed by atoms with E-state index in [2.05, 4.69) is 45.0 Å². The summed E-state index contributed by atoms with van der Waals surface area (Å²) in [5.41, 5.74) is 0.961. The molecule has 0 saturated carbocycles. The highest BCUT2D eigenvalue weighted by atomic mass is 16.6. The third-order valence-corrected chi connectivity index (χ3v) is 4.17. The Labute approximate surface area is 136 Å². The minimum Gasteiger partial charge on any atom is -0.459 e. The van der Waals surface area contributed by atoms with E-state index < -0.39 is 0 Å². The van der Waals surface area contributed by atoms with Crippen LogP contribution in [0.5, 0.6) is 0 Å². The number of esters is 1. The first kappa shape index (κ1) is 18.7. The van der Waals surface area contributed by atoms with Crippen LogP contribution in [0.15, 0.2) is 30.3 Å². The molecule has 1 aromatic carbocycles. The summed E-state index contributed by atoms with van der Waals surface area (Å²) in [4.78, 5) is 12.4. The molecule has 0 aliphatic carbocycles. The maximum absolute atomic E-state index is 12.4. The van der Waals surface area contributed by atoms with Crippen molar-refractivity contribution in [3.05, 3.63) is 35.9 Å². The van der Waals surface area contributed by atoms with Crippen LogP contribution in [0, 0.1) is 11.8 Å². The number of benzene rings is 1. The molecule has 0 spiro atoms. The number of ether oxygens (including phenoxy) is 1. The first-order valence-electron chi connectivity index (χ1n) is 8.62. The lowest BCUT2D eigenvalue weighted by Crippen LogP contribution is -2.33. The van der Waals surface area contributed by atoms with Gasteiger partial charge in [0.25, 0.3) is 0 Å². The van der Waals surface area contributed by atoms with Gasteiger partial charge >= 0.3 is 5.97 Å². The van der Waals surface area contributed by atoms with Gasteiger partial charge in [0.1, 0.15) is 5.60 Å². The van der Waals surface area contributed by atoms with Gasteiger partial charge in [0.05, 0.1) is 5.92 Å². The van der Waals surface area contributed by atoms with Crippen LogP contribution in [0.25, 0.3) is 0 Å². The van der Waals surface area contributed by atoms with E-state index in [0.29, 0.717) is 5.92 Å².